The third-order valence-electron chi connectivity index (χ3n) is 1.31. The molecule has 0 heterocycles. The summed E-state index contributed by atoms with van der Waals surface area (Å²) < 4.78 is 0. The first-order valence-electron chi connectivity index (χ1n) is 3.78. The fraction of sp³-hybridized carbons (Fsp3) is 0.500. The van der Waals surface area contributed by atoms with Crippen molar-refractivity contribution in [1.29, 1.82) is 0 Å². The summed E-state index contributed by atoms with van der Waals surface area (Å²) in [6.07, 6.45) is 1.11. The highest BCUT2D eigenvalue weighted by atomic mass is 16.4. The van der Waals surface area contributed by atoms with Crippen LogP contribution in [0.15, 0.2) is 11.6 Å². The zero-order valence-corrected chi connectivity index (χ0v) is 7.78. The maximum Gasteiger partial charge on any atom is 0.328 e. The normalized spacial score (nSPS) is 11.8. The Kier molecular flexibility index (Phi) is 4.76. The van der Waals surface area contributed by atoms with E-state index < -0.39 is 11.9 Å². The lowest BCUT2D eigenvalue weighted by molar-refractivity contribution is -0.131. The fourth-order valence-corrected chi connectivity index (χ4v) is 1.00. The van der Waals surface area contributed by atoms with Crippen molar-refractivity contribution in [3.63, 3.8) is 0 Å². The van der Waals surface area contributed by atoms with Crippen LogP contribution in [-0.2, 0) is 9.59 Å². The molecule has 0 fully saturated rings. The number of primary amides is 1. The van der Waals surface area contributed by atoms with E-state index in [4.69, 9.17) is 10.8 Å². The van der Waals surface area contributed by atoms with Crippen LogP contribution >= 0.6 is 0 Å². The highest BCUT2D eigenvalue weighted by Crippen LogP contribution is 1.95. The van der Waals surface area contributed by atoms with Crippen molar-refractivity contribution < 1.29 is 14.7 Å². The van der Waals surface area contributed by atoms with E-state index in [0.717, 1.165) is 6.08 Å². The van der Waals surface area contributed by atoms with Crippen molar-refractivity contribution in [2.45, 2.75) is 6.92 Å². The van der Waals surface area contributed by atoms with Gasteiger partial charge in [-0.15, -0.1) is 0 Å². The molecule has 1 amide bonds. The summed E-state index contributed by atoms with van der Waals surface area (Å²) in [5.74, 6) is -1.41. The molecule has 0 aliphatic rings. The third kappa shape index (κ3) is 7.02. The molecular weight excluding hydrogens is 172 g/mol. The van der Waals surface area contributed by atoms with Gasteiger partial charge in [-0.25, -0.2) is 4.79 Å². The Balaban J connectivity index is 3.98. The van der Waals surface area contributed by atoms with Crippen LogP contribution in [-0.4, -0.2) is 42.0 Å². The van der Waals surface area contributed by atoms with Gasteiger partial charge in [-0.2, -0.15) is 0 Å². The highest BCUT2D eigenvalue weighted by molar-refractivity contribution is 5.80. The molecule has 0 saturated carbocycles. The highest BCUT2D eigenvalue weighted by Gasteiger charge is 2.03. The number of nitrogens with zero attached hydrogens (tertiary/aromatic N) is 1. The molecule has 3 N–H and O–H groups in total. The average Bonchev–Trinajstić information content (AvgIpc) is 1.80. The van der Waals surface area contributed by atoms with Crippen LogP contribution < -0.4 is 5.73 Å². The van der Waals surface area contributed by atoms with Gasteiger partial charge in [0.15, 0.2) is 0 Å². The van der Waals surface area contributed by atoms with Crippen molar-refractivity contribution >= 4 is 11.9 Å². The molecule has 0 atom stereocenters. The van der Waals surface area contributed by atoms with E-state index in [1.54, 1.807) is 18.9 Å². The number of amides is 1. The number of carbonyl (C=O) groups excluding carboxylic acids is 1. The van der Waals surface area contributed by atoms with Crippen molar-refractivity contribution in [1.82, 2.24) is 4.90 Å². The third-order valence-corrected chi connectivity index (χ3v) is 1.31. The Labute approximate surface area is 76.8 Å². The molecule has 0 aliphatic heterocycles. The van der Waals surface area contributed by atoms with E-state index in [1.807, 2.05) is 0 Å². The Morgan fingerprint density at radius 1 is 1.46 bits per heavy atom. The molecule has 13 heavy (non-hydrogen) atoms. The topological polar surface area (TPSA) is 83.6 Å². The van der Waals surface area contributed by atoms with Crippen LogP contribution in [0.3, 0.4) is 0 Å². The van der Waals surface area contributed by atoms with Gasteiger partial charge < -0.3 is 10.8 Å². The molecule has 0 bridgehead atoms. The van der Waals surface area contributed by atoms with Crippen LogP contribution in [0, 0.1) is 0 Å². The molecule has 0 spiro atoms. The van der Waals surface area contributed by atoms with Crippen LogP contribution in [0.25, 0.3) is 0 Å². The van der Waals surface area contributed by atoms with Crippen molar-refractivity contribution in [2.75, 3.05) is 20.1 Å². The van der Waals surface area contributed by atoms with Crippen LogP contribution in [0.4, 0.5) is 0 Å². The fourth-order valence-electron chi connectivity index (χ4n) is 1.00. The molecule has 0 aromatic heterocycles. The van der Waals surface area contributed by atoms with E-state index in [9.17, 15) is 9.59 Å². The van der Waals surface area contributed by atoms with Gasteiger partial charge in [-0.3, -0.25) is 9.69 Å². The maximum atomic E-state index is 10.5. The average molecular weight is 186 g/mol. The zero-order valence-electron chi connectivity index (χ0n) is 7.78. The van der Waals surface area contributed by atoms with E-state index >= 15 is 0 Å². The Morgan fingerprint density at radius 2 is 2.00 bits per heavy atom. The van der Waals surface area contributed by atoms with E-state index in [0.29, 0.717) is 12.1 Å². The summed E-state index contributed by atoms with van der Waals surface area (Å²) in [4.78, 5) is 22.3. The Morgan fingerprint density at radius 3 is 2.38 bits per heavy atom. The molecule has 5 heteroatoms. The minimum absolute atomic E-state index is 0.130. The first kappa shape index (κ1) is 11.6. The largest absolute Gasteiger partial charge is 0.478 e. The van der Waals surface area contributed by atoms with Crippen LogP contribution in [0.2, 0.25) is 0 Å². The monoisotopic (exact) mass is 186 g/mol. The van der Waals surface area contributed by atoms with Gasteiger partial charge >= 0.3 is 5.97 Å². The first-order chi connectivity index (χ1) is 5.91. The summed E-state index contributed by atoms with van der Waals surface area (Å²) in [5, 5.41) is 8.39. The molecule has 0 unspecified atom stereocenters. The molecular formula is C8H14N2O3. The van der Waals surface area contributed by atoms with Crippen molar-refractivity contribution in [2.24, 2.45) is 5.73 Å². The molecule has 0 aromatic carbocycles. The maximum absolute atomic E-state index is 10.5. The summed E-state index contributed by atoms with van der Waals surface area (Å²) in [5.41, 5.74) is 5.63. The number of likely N-dealkylation sites (N-methyl/N-ethyl adjacent to an activating group) is 1. The molecule has 5 nitrogen and oxygen atoms in total. The van der Waals surface area contributed by atoms with Crippen molar-refractivity contribution in [3.05, 3.63) is 11.6 Å². The zero-order chi connectivity index (χ0) is 10.4. The molecule has 74 valence electrons. The molecule has 0 aromatic rings. The first-order valence-corrected chi connectivity index (χ1v) is 3.78. The number of aliphatic carboxylic acids is 1. The van der Waals surface area contributed by atoms with Gasteiger partial charge in [0.2, 0.25) is 5.91 Å². The number of carboxylic acids is 1. The van der Waals surface area contributed by atoms with Gasteiger partial charge in [0, 0.05) is 12.6 Å². The van der Waals surface area contributed by atoms with E-state index in [1.165, 1.54) is 0 Å². The van der Waals surface area contributed by atoms with Crippen LogP contribution in [0.1, 0.15) is 6.92 Å². The second kappa shape index (κ2) is 5.31. The van der Waals surface area contributed by atoms with Gasteiger partial charge in [-0.1, -0.05) is 5.57 Å². The minimum atomic E-state index is -0.982. The number of hydrogen-bond donors (Lipinski definition) is 2. The number of carbonyl (C=O) groups is 2. The lowest BCUT2D eigenvalue weighted by atomic mass is 10.2. The summed E-state index contributed by atoms with van der Waals surface area (Å²) in [7, 11) is 1.70. The molecule has 0 saturated heterocycles. The second-order valence-electron chi connectivity index (χ2n) is 2.97. The SMILES string of the molecule is CC(=CC(=O)O)CN(C)CC(N)=O. The molecule has 0 rings (SSSR count). The number of carboxylic acid groups (broad SMARTS) is 1. The lowest BCUT2D eigenvalue weighted by Gasteiger charge is -2.13. The predicted molar refractivity (Wildman–Crippen MR) is 48.1 cm³/mol. The summed E-state index contributed by atoms with van der Waals surface area (Å²) >= 11 is 0. The van der Waals surface area contributed by atoms with Gasteiger partial charge in [0.05, 0.1) is 6.54 Å². The number of nitrogens with two attached hydrogens (primary N) is 1. The van der Waals surface area contributed by atoms with Crippen molar-refractivity contribution in [3.8, 4) is 0 Å². The molecule has 0 aliphatic carbocycles. The number of hydrogen-bond acceptors (Lipinski definition) is 3. The Bertz CT molecular complexity index is 236. The smallest absolute Gasteiger partial charge is 0.328 e. The van der Waals surface area contributed by atoms with Gasteiger partial charge in [-0.05, 0) is 14.0 Å². The quantitative estimate of drug-likeness (QED) is 0.563. The summed E-state index contributed by atoms with van der Waals surface area (Å²) in [6, 6.07) is 0. The lowest BCUT2D eigenvalue weighted by Crippen LogP contribution is -2.31. The van der Waals surface area contributed by atoms with Gasteiger partial charge in [0.1, 0.15) is 0 Å². The standard InChI is InChI=1S/C8H14N2O3/c1-6(3-8(12)13)4-10(2)5-7(9)11/h3H,4-5H2,1-2H3,(H2,9,11)(H,12,13). The summed E-state index contributed by atoms with van der Waals surface area (Å²) in [6.45, 7) is 2.24. The van der Waals surface area contributed by atoms with E-state index in [2.05, 4.69) is 0 Å². The van der Waals surface area contributed by atoms with E-state index in [-0.39, 0.29) is 6.54 Å². The second-order valence-corrected chi connectivity index (χ2v) is 2.97. The predicted octanol–water partition coefficient (Wildman–Crippen LogP) is -0.566. The Hall–Kier alpha value is -1.36. The van der Waals surface area contributed by atoms with Gasteiger partial charge in [0.25, 0.3) is 0 Å². The molecule has 0 radical (unpaired) electrons. The van der Waals surface area contributed by atoms with Crippen LogP contribution in [0.5, 0.6) is 0 Å². The number of rotatable bonds is 5. The minimum Gasteiger partial charge on any atom is -0.478 e.